The third-order valence-corrected chi connectivity index (χ3v) is 4.36. The van der Waals surface area contributed by atoms with Crippen molar-refractivity contribution in [3.05, 3.63) is 88.5 Å². The highest BCUT2D eigenvalue weighted by Gasteiger charge is 2.14. The summed E-state index contributed by atoms with van der Waals surface area (Å²) in [6.45, 7) is 3.75. The van der Waals surface area contributed by atoms with E-state index in [1.165, 1.54) is 6.07 Å². The van der Waals surface area contributed by atoms with Gasteiger partial charge in [-0.15, -0.1) is 24.8 Å². The number of nitrogens with zero attached hydrogens (tertiary/aromatic N) is 1. The van der Waals surface area contributed by atoms with Crippen LogP contribution in [-0.2, 0) is 19.7 Å². The zero-order valence-corrected chi connectivity index (χ0v) is 18.8. The molecule has 0 radical (unpaired) electrons. The van der Waals surface area contributed by atoms with Crippen LogP contribution < -0.4 is 14.8 Å². The molecule has 0 aliphatic carbocycles. The number of hydrogen-bond donors (Lipinski definition) is 1. The quantitative estimate of drug-likeness (QED) is 0.415. The van der Waals surface area contributed by atoms with E-state index in [4.69, 9.17) is 21.1 Å². The van der Waals surface area contributed by atoms with Gasteiger partial charge in [0.2, 0.25) is 0 Å². The Bertz CT molecular complexity index is 914. The Labute approximate surface area is 193 Å². The highest BCUT2D eigenvalue weighted by Crippen LogP contribution is 2.37. The fraction of sp³-hybridized carbons (Fsp3) is 0.227. The monoisotopic (exact) mass is 472 g/mol. The number of hydrogen-bond acceptors (Lipinski definition) is 4. The molecule has 1 aromatic heterocycles. The van der Waals surface area contributed by atoms with Crippen molar-refractivity contribution in [3.8, 4) is 11.5 Å². The Balaban J connectivity index is 0.00000225. The maximum absolute atomic E-state index is 13.8. The van der Waals surface area contributed by atoms with E-state index < -0.39 is 0 Å². The van der Waals surface area contributed by atoms with Gasteiger partial charge in [-0.1, -0.05) is 35.9 Å². The van der Waals surface area contributed by atoms with E-state index in [2.05, 4.69) is 10.3 Å². The molecule has 1 heterocycles. The summed E-state index contributed by atoms with van der Waals surface area (Å²) in [5.74, 6) is 0.653. The minimum atomic E-state index is -0.312. The molecule has 2 aromatic carbocycles. The molecule has 0 saturated carbocycles. The van der Waals surface area contributed by atoms with Gasteiger partial charge in [-0.25, -0.2) is 4.39 Å². The highest BCUT2D eigenvalue weighted by molar-refractivity contribution is 6.32. The van der Waals surface area contributed by atoms with Gasteiger partial charge in [-0.3, -0.25) is 4.98 Å². The molecule has 4 nitrogen and oxygen atoms in total. The fourth-order valence-corrected chi connectivity index (χ4v) is 3.03. The molecule has 1 N–H and O–H groups in total. The number of aromatic nitrogens is 1. The van der Waals surface area contributed by atoms with Gasteiger partial charge >= 0.3 is 0 Å². The van der Waals surface area contributed by atoms with Crippen molar-refractivity contribution < 1.29 is 13.9 Å². The maximum atomic E-state index is 13.8. The lowest BCUT2D eigenvalue weighted by Crippen LogP contribution is -2.13. The Morgan fingerprint density at radius 2 is 1.77 bits per heavy atom. The molecular formula is C22H24Cl3FN2O2. The van der Waals surface area contributed by atoms with Crippen LogP contribution in [0.4, 0.5) is 4.39 Å². The topological polar surface area (TPSA) is 43.4 Å². The van der Waals surface area contributed by atoms with E-state index in [1.807, 2.05) is 37.4 Å². The molecular weight excluding hydrogens is 450 g/mol. The van der Waals surface area contributed by atoms with Crippen molar-refractivity contribution in [2.24, 2.45) is 0 Å². The van der Waals surface area contributed by atoms with Gasteiger partial charge in [0.05, 0.1) is 11.6 Å². The normalized spacial score (nSPS) is 9.97. The smallest absolute Gasteiger partial charge is 0.180 e. The summed E-state index contributed by atoms with van der Waals surface area (Å²) in [6.07, 6.45) is 3.57. The average Bonchev–Trinajstić information content (AvgIpc) is 2.70. The van der Waals surface area contributed by atoms with E-state index in [9.17, 15) is 4.39 Å². The van der Waals surface area contributed by atoms with Gasteiger partial charge in [-0.2, -0.15) is 0 Å². The van der Waals surface area contributed by atoms with Gasteiger partial charge in [0.15, 0.2) is 11.5 Å². The van der Waals surface area contributed by atoms with Crippen LogP contribution in [0, 0.1) is 5.82 Å². The molecule has 0 amide bonds. The second-order valence-electron chi connectivity index (χ2n) is 6.18. The SMILES string of the molecule is CCOc1cc(CNCc2cccnc2)cc(Cl)c1OCc1ccccc1F.Cl.Cl. The number of rotatable bonds is 9. The summed E-state index contributed by atoms with van der Waals surface area (Å²) in [5.41, 5.74) is 2.53. The van der Waals surface area contributed by atoms with Crippen molar-refractivity contribution in [2.45, 2.75) is 26.6 Å². The molecule has 0 spiro atoms. The maximum Gasteiger partial charge on any atom is 0.180 e. The molecule has 3 rings (SSSR count). The predicted molar refractivity (Wildman–Crippen MR) is 123 cm³/mol. The van der Waals surface area contributed by atoms with Crippen molar-refractivity contribution in [1.29, 1.82) is 0 Å². The van der Waals surface area contributed by atoms with Crippen LogP contribution in [0.5, 0.6) is 11.5 Å². The van der Waals surface area contributed by atoms with Crippen LogP contribution in [0.25, 0.3) is 0 Å². The fourth-order valence-electron chi connectivity index (χ4n) is 2.75. The molecule has 0 fully saturated rings. The van der Waals surface area contributed by atoms with Crippen LogP contribution in [0.1, 0.15) is 23.6 Å². The van der Waals surface area contributed by atoms with Crippen LogP contribution in [0.15, 0.2) is 60.9 Å². The molecule has 0 saturated heterocycles. The minimum Gasteiger partial charge on any atom is -0.490 e. The standard InChI is InChI=1S/C22H22ClFN2O2.2ClH/c1-2-27-21-11-17(14-26-13-16-6-5-9-25-12-16)10-19(23)22(21)28-15-18-7-3-4-8-20(18)24;;/h3-12,26H,2,13-15H2,1H3;2*1H. The third-order valence-electron chi connectivity index (χ3n) is 4.08. The number of ether oxygens (including phenoxy) is 2. The summed E-state index contributed by atoms with van der Waals surface area (Å²) in [5, 5.41) is 3.79. The molecule has 162 valence electrons. The largest absolute Gasteiger partial charge is 0.490 e. The van der Waals surface area contributed by atoms with Crippen LogP contribution in [-0.4, -0.2) is 11.6 Å². The lowest BCUT2D eigenvalue weighted by atomic mass is 10.2. The van der Waals surface area contributed by atoms with E-state index in [-0.39, 0.29) is 37.2 Å². The number of nitrogens with one attached hydrogen (secondary N) is 1. The Hall–Kier alpha value is -2.05. The lowest BCUT2D eigenvalue weighted by Gasteiger charge is -2.16. The van der Waals surface area contributed by atoms with Crippen molar-refractivity contribution in [1.82, 2.24) is 10.3 Å². The molecule has 0 atom stereocenters. The molecule has 0 bridgehead atoms. The molecule has 0 unspecified atom stereocenters. The Kier molecular flexibility index (Phi) is 11.5. The first-order chi connectivity index (χ1) is 13.7. The first-order valence-electron chi connectivity index (χ1n) is 9.08. The molecule has 0 aliphatic rings. The first-order valence-corrected chi connectivity index (χ1v) is 9.46. The van der Waals surface area contributed by atoms with E-state index >= 15 is 0 Å². The number of pyridine rings is 1. The summed E-state index contributed by atoms with van der Waals surface area (Å²) >= 11 is 6.44. The summed E-state index contributed by atoms with van der Waals surface area (Å²) < 4.78 is 25.3. The zero-order chi connectivity index (χ0) is 19.8. The van der Waals surface area contributed by atoms with Gasteiger partial charge in [-0.05, 0) is 42.3 Å². The molecule has 30 heavy (non-hydrogen) atoms. The summed E-state index contributed by atoms with van der Waals surface area (Å²) in [4.78, 5) is 4.10. The van der Waals surface area contributed by atoms with Crippen molar-refractivity contribution in [3.63, 3.8) is 0 Å². The average molecular weight is 474 g/mol. The summed E-state index contributed by atoms with van der Waals surface area (Å²) in [6, 6.07) is 14.1. The number of halogens is 4. The van der Waals surface area contributed by atoms with Gasteiger partial charge in [0, 0.05) is 31.0 Å². The molecule has 0 aliphatic heterocycles. The minimum absolute atomic E-state index is 0. The van der Waals surface area contributed by atoms with Gasteiger partial charge < -0.3 is 14.8 Å². The van der Waals surface area contributed by atoms with E-state index in [1.54, 1.807) is 24.4 Å². The first kappa shape index (κ1) is 26.0. The predicted octanol–water partition coefficient (Wildman–Crippen LogP) is 5.99. The molecule has 8 heteroatoms. The third kappa shape index (κ3) is 7.33. The van der Waals surface area contributed by atoms with Gasteiger partial charge in [0.25, 0.3) is 0 Å². The van der Waals surface area contributed by atoms with Crippen LogP contribution >= 0.6 is 36.4 Å². The Morgan fingerprint density at radius 3 is 2.47 bits per heavy atom. The van der Waals surface area contributed by atoms with Gasteiger partial charge in [0.1, 0.15) is 12.4 Å². The second-order valence-corrected chi connectivity index (χ2v) is 6.59. The lowest BCUT2D eigenvalue weighted by molar-refractivity contribution is 0.266. The summed E-state index contributed by atoms with van der Waals surface area (Å²) in [7, 11) is 0. The second kappa shape index (κ2) is 13.3. The van der Waals surface area contributed by atoms with Crippen LogP contribution in [0.2, 0.25) is 5.02 Å². The van der Waals surface area contributed by atoms with E-state index in [0.717, 1.165) is 11.1 Å². The van der Waals surface area contributed by atoms with Crippen molar-refractivity contribution >= 4 is 36.4 Å². The zero-order valence-electron chi connectivity index (χ0n) is 16.4. The van der Waals surface area contributed by atoms with Crippen LogP contribution in [0.3, 0.4) is 0 Å². The Morgan fingerprint density at radius 1 is 1.00 bits per heavy atom. The van der Waals surface area contributed by atoms with E-state index in [0.29, 0.717) is 41.8 Å². The molecule has 3 aromatic rings. The number of benzene rings is 2. The highest BCUT2D eigenvalue weighted by atomic mass is 35.5. The van der Waals surface area contributed by atoms with Crippen molar-refractivity contribution in [2.75, 3.05) is 6.61 Å².